The minimum atomic E-state index is -1.15. The normalized spacial score (nSPS) is 12.5. The van der Waals surface area contributed by atoms with Crippen LogP contribution in [0.5, 0.6) is 0 Å². The van der Waals surface area contributed by atoms with Crippen molar-refractivity contribution in [2.24, 2.45) is 0 Å². The molecule has 0 bridgehead atoms. The first-order valence-electron chi connectivity index (χ1n) is 6.25. The van der Waals surface area contributed by atoms with E-state index in [0.29, 0.717) is 5.56 Å². The van der Waals surface area contributed by atoms with E-state index < -0.39 is 17.7 Å². The Balaban J connectivity index is 2.37. The maximum absolute atomic E-state index is 13.8. The van der Waals surface area contributed by atoms with E-state index in [1.807, 2.05) is 19.1 Å². The second-order valence-electron chi connectivity index (χ2n) is 4.62. The fourth-order valence-electron chi connectivity index (χ4n) is 1.99. The number of hydrogen-bond donors (Lipinski definition) is 1. The van der Waals surface area contributed by atoms with Gasteiger partial charge in [-0.05, 0) is 42.2 Å². The van der Waals surface area contributed by atoms with Crippen LogP contribution in [0.1, 0.15) is 35.3 Å². The van der Waals surface area contributed by atoms with Crippen molar-refractivity contribution >= 4 is 0 Å². The van der Waals surface area contributed by atoms with E-state index in [1.165, 1.54) is 6.92 Å². The van der Waals surface area contributed by atoms with E-state index in [2.05, 4.69) is 0 Å². The van der Waals surface area contributed by atoms with Crippen LogP contribution in [0.25, 0.3) is 0 Å². The Kier molecular flexibility index (Phi) is 3.96. The van der Waals surface area contributed by atoms with Gasteiger partial charge in [-0.2, -0.15) is 0 Å². The third kappa shape index (κ3) is 2.82. The maximum atomic E-state index is 13.8. The van der Waals surface area contributed by atoms with E-state index in [0.717, 1.165) is 24.1 Å². The predicted octanol–water partition coefficient (Wildman–Crippen LogP) is 3.92. The van der Waals surface area contributed by atoms with Crippen LogP contribution in [0.4, 0.5) is 8.78 Å². The summed E-state index contributed by atoms with van der Waals surface area (Å²) in [6, 6.07) is 9.39. The zero-order valence-corrected chi connectivity index (χ0v) is 11.0. The summed E-state index contributed by atoms with van der Waals surface area (Å²) in [4.78, 5) is 0. The molecule has 1 atom stereocenters. The fourth-order valence-corrected chi connectivity index (χ4v) is 1.99. The van der Waals surface area contributed by atoms with Crippen molar-refractivity contribution in [2.75, 3.05) is 0 Å². The molecule has 0 heterocycles. The summed E-state index contributed by atoms with van der Waals surface area (Å²) in [6.45, 7) is 3.52. The lowest BCUT2D eigenvalue weighted by atomic mass is 9.98. The molecule has 0 saturated carbocycles. The average Bonchev–Trinajstić information content (AvgIpc) is 2.42. The molecule has 0 aliphatic rings. The highest BCUT2D eigenvalue weighted by molar-refractivity contribution is 5.34. The summed E-state index contributed by atoms with van der Waals surface area (Å²) >= 11 is 0. The molecule has 1 N–H and O–H groups in total. The maximum Gasteiger partial charge on any atom is 0.129 e. The second-order valence-corrected chi connectivity index (χ2v) is 4.62. The predicted molar refractivity (Wildman–Crippen MR) is 71.0 cm³/mol. The molecule has 3 heteroatoms. The second kappa shape index (κ2) is 5.49. The Hall–Kier alpha value is -1.74. The van der Waals surface area contributed by atoms with Gasteiger partial charge >= 0.3 is 0 Å². The standard InChI is InChI=1S/C16H16F2O/c1-3-11-4-6-12(7-5-11)16(19)13-9-14(17)10(2)8-15(13)18/h4-9,16,19H,3H2,1-2H3. The highest BCUT2D eigenvalue weighted by Gasteiger charge is 2.17. The first kappa shape index (κ1) is 13.7. The van der Waals surface area contributed by atoms with E-state index in [1.54, 1.807) is 12.1 Å². The molecule has 0 aliphatic heterocycles. The molecule has 1 unspecified atom stereocenters. The molecule has 2 rings (SSSR count). The molecule has 0 fully saturated rings. The molecular weight excluding hydrogens is 246 g/mol. The highest BCUT2D eigenvalue weighted by Crippen LogP contribution is 2.26. The van der Waals surface area contributed by atoms with E-state index >= 15 is 0 Å². The first-order chi connectivity index (χ1) is 9.02. The Morgan fingerprint density at radius 2 is 1.68 bits per heavy atom. The largest absolute Gasteiger partial charge is 0.384 e. The van der Waals surface area contributed by atoms with Crippen LogP contribution in [-0.4, -0.2) is 5.11 Å². The molecule has 19 heavy (non-hydrogen) atoms. The third-order valence-electron chi connectivity index (χ3n) is 3.28. The van der Waals surface area contributed by atoms with Crippen molar-refractivity contribution in [3.05, 3.63) is 70.3 Å². The number of hydrogen-bond acceptors (Lipinski definition) is 1. The number of rotatable bonds is 3. The van der Waals surface area contributed by atoms with Crippen LogP contribution < -0.4 is 0 Å². The number of aliphatic hydroxyl groups is 1. The molecular formula is C16H16F2O. The topological polar surface area (TPSA) is 20.2 Å². The minimum Gasteiger partial charge on any atom is -0.384 e. The van der Waals surface area contributed by atoms with Crippen LogP contribution in [0.2, 0.25) is 0 Å². The Bertz CT molecular complexity index is 576. The Morgan fingerprint density at radius 1 is 1.05 bits per heavy atom. The third-order valence-corrected chi connectivity index (χ3v) is 3.28. The smallest absolute Gasteiger partial charge is 0.129 e. The van der Waals surface area contributed by atoms with Crippen LogP contribution in [-0.2, 0) is 6.42 Å². The van der Waals surface area contributed by atoms with Crippen LogP contribution in [0.15, 0.2) is 36.4 Å². The van der Waals surface area contributed by atoms with Gasteiger partial charge in [-0.25, -0.2) is 8.78 Å². The van der Waals surface area contributed by atoms with Crippen LogP contribution >= 0.6 is 0 Å². The molecule has 2 aromatic carbocycles. The molecule has 0 radical (unpaired) electrons. The molecule has 100 valence electrons. The number of aryl methyl sites for hydroxylation is 2. The summed E-state index contributed by atoms with van der Waals surface area (Å²) in [6.07, 6.45) is -0.259. The van der Waals surface area contributed by atoms with Crippen LogP contribution in [0, 0.1) is 18.6 Å². The van der Waals surface area contributed by atoms with Crippen molar-refractivity contribution in [2.45, 2.75) is 26.4 Å². The lowest BCUT2D eigenvalue weighted by molar-refractivity contribution is 0.214. The Labute approximate surface area is 111 Å². The van der Waals surface area contributed by atoms with Crippen molar-refractivity contribution < 1.29 is 13.9 Å². The summed E-state index contributed by atoms with van der Waals surface area (Å²) in [5.41, 5.74) is 1.88. The molecule has 0 amide bonds. The van der Waals surface area contributed by atoms with Crippen LogP contribution in [0.3, 0.4) is 0 Å². The zero-order valence-electron chi connectivity index (χ0n) is 11.0. The average molecular weight is 262 g/mol. The van der Waals surface area contributed by atoms with Gasteiger partial charge in [0.25, 0.3) is 0 Å². The SMILES string of the molecule is CCc1ccc(C(O)c2cc(F)c(C)cc2F)cc1. The Morgan fingerprint density at radius 3 is 2.26 bits per heavy atom. The molecule has 2 aromatic rings. The number of aliphatic hydroxyl groups excluding tert-OH is 1. The van der Waals surface area contributed by atoms with Crippen molar-refractivity contribution in [1.29, 1.82) is 0 Å². The van der Waals surface area contributed by atoms with Gasteiger partial charge in [0, 0.05) is 5.56 Å². The molecule has 1 nitrogen and oxygen atoms in total. The quantitative estimate of drug-likeness (QED) is 0.889. The first-order valence-corrected chi connectivity index (χ1v) is 6.25. The van der Waals surface area contributed by atoms with Crippen molar-refractivity contribution in [1.82, 2.24) is 0 Å². The lowest BCUT2D eigenvalue weighted by Gasteiger charge is -2.14. The van der Waals surface area contributed by atoms with Crippen molar-refractivity contribution in [3.8, 4) is 0 Å². The molecule has 0 aliphatic carbocycles. The monoisotopic (exact) mass is 262 g/mol. The zero-order chi connectivity index (χ0) is 14.0. The van der Waals surface area contributed by atoms with Gasteiger partial charge in [0.05, 0.1) is 0 Å². The van der Waals surface area contributed by atoms with E-state index in [-0.39, 0.29) is 11.1 Å². The number of benzene rings is 2. The molecule has 0 saturated heterocycles. The van der Waals surface area contributed by atoms with Gasteiger partial charge < -0.3 is 5.11 Å². The number of halogens is 2. The fraction of sp³-hybridized carbons (Fsp3) is 0.250. The summed E-state index contributed by atoms with van der Waals surface area (Å²) in [5.74, 6) is -1.11. The summed E-state index contributed by atoms with van der Waals surface area (Å²) in [5, 5.41) is 10.1. The van der Waals surface area contributed by atoms with Gasteiger partial charge in [-0.1, -0.05) is 31.2 Å². The summed E-state index contributed by atoms with van der Waals surface area (Å²) < 4.78 is 27.3. The highest BCUT2D eigenvalue weighted by atomic mass is 19.1. The van der Waals surface area contributed by atoms with Gasteiger partial charge in [-0.3, -0.25) is 0 Å². The van der Waals surface area contributed by atoms with Gasteiger partial charge in [0.15, 0.2) is 0 Å². The molecule has 0 spiro atoms. The van der Waals surface area contributed by atoms with Crippen molar-refractivity contribution in [3.63, 3.8) is 0 Å². The molecule has 0 aromatic heterocycles. The van der Waals surface area contributed by atoms with Gasteiger partial charge in [-0.15, -0.1) is 0 Å². The summed E-state index contributed by atoms with van der Waals surface area (Å²) in [7, 11) is 0. The van der Waals surface area contributed by atoms with E-state index in [4.69, 9.17) is 0 Å². The lowest BCUT2D eigenvalue weighted by Crippen LogP contribution is -2.04. The van der Waals surface area contributed by atoms with Gasteiger partial charge in [0.1, 0.15) is 17.7 Å². The van der Waals surface area contributed by atoms with Gasteiger partial charge in [0.2, 0.25) is 0 Å². The van der Waals surface area contributed by atoms with E-state index in [9.17, 15) is 13.9 Å². The minimum absolute atomic E-state index is 0.0349.